The maximum atomic E-state index is 5.98. The van der Waals surface area contributed by atoms with Gasteiger partial charge in [0.15, 0.2) is 5.11 Å². The summed E-state index contributed by atoms with van der Waals surface area (Å²) in [5.74, 6) is 0.827. The van der Waals surface area contributed by atoms with E-state index in [0.29, 0.717) is 0 Å². The van der Waals surface area contributed by atoms with Crippen molar-refractivity contribution in [1.82, 2.24) is 9.80 Å². The summed E-state index contributed by atoms with van der Waals surface area (Å²) in [5.41, 5.74) is 0.977. The Hall–Kier alpha value is -1.14. The van der Waals surface area contributed by atoms with Crippen molar-refractivity contribution in [1.29, 1.82) is 0 Å². The van der Waals surface area contributed by atoms with Gasteiger partial charge >= 0.3 is 0 Å². The van der Waals surface area contributed by atoms with E-state index in [0.717, 1.165) is 47.8 Å². The molecule has 1 unspecified atom stereocenters. The quantitative estimate of drug-likeness (QED) is 0.575. The summed E-state index contributed by atoms with van der Waals surface area (Å²) in [6.07, 6.45) is 3.83. The van der Waals surface area contributed by atoms with Gasteiger partial charge in [0.05, 0.1) is 6.54 Å². The first-order valence-corrected chi connectivity index (χ1v) is 11.3. The summed E-state index contributed by atoms with van der Waals surface area (Å²) in [5, 5.41) is 7.00. The van der Waals surface area contributed by atoms with E-state index in [4.69, 9.17) is 23.8 Å². The molecule has 146 valence electrons. The standard InChI is InChI=1S/C21H28ClN3S2/c1-17-5-2-11-24(15-17)12-4-13-25(16-20-6-3-14-27-20)21(26)23-19-9-7-18(22)8-10-19/h3,6-10,14,17H,2,4-5,11-13,15-16H2,1H3,(H,23,26). The monoisotopic (exact) mass is 421 g/mol. The Morgan fingerprint density at radius 1 is 1.33 bits per heavy atom. The molecule has 1 aliphatic rings. The van der Waals surface area contributed by atoms with E-state index in [9.17, 15) is 0 Å². The average molecular weight is 422 g/mol. The molecule has 2 heterocycles. The van der Waals surface area contributed by atoms with Crippen molar-refractivity contribution >= 4 is 46.0 Å². The molecule has 1 fully saturated rings. The summed E-state index contributed by atoms with van der Waals surface area (Å²) in [6.45, 7) is 7.80. The van der Waals surface area contributed by atoms with Crippen molar-refractivity contribution in [2.75, 3.05) is 31.5 Å². The van der Waals surface area contributed by atoms with E-state index in [1.807, 2.05) is 24.3 Å². The molecule has 1 aromatic carbocycles. The zero-order valence-electron chi connectivity index (χ0n) is 15.9. The van der Waals surface area contributed by atoms with Crippen LogP contribution in [0.15, 0.2) is 41.8 Å². The summed E-state index contributed by atoms with van der Waals surface area (Å²) < 4.78 is 0. The molecule has 1 atom stereocenters. The van der Waals surface area contributed by atoms with Gasteiger partial charge in [-0.2, -0.15) is 0 Å². The number of hydrogen-bond donors (Lipinski definition) is 1. The molecule has 1 N–H and O–H groups in total. The topological polar surface area (TPSA) is 18.5 Å². The largest absolute Gasteiger partial charge is 0.344 e. The van der Waals surface area contributed by atoms with E-state index in [1.165, 1.54) is 30.8 Å². The number of anilines is 1. The normalized spacial score (nSPS) is 17.6. The smallest absolute Gasteiger partial charge is 0.173 e. The number of piperidine rings is 1. The molecular formula is C21H28ClN3S2. The molecule has 0 radical (unpaired) electrons. The average Bonchev–Trinajstić information content (AvgIpc) is 3.16. The molecular weight excluding hydrogens is 394 g/mol. The first-order valence-electron chi connectivity index (χ1n) is 9.66. The molecule has 6 heteroatoms. The third-order valence-electron chi connectivity index (χ3n) is 4.95. The third kappa shape index (κ3) is 6.75. The van der Waals surface area contributed by atoms with Gasteiger partial charge in [0.2, 0.25) is 0 Å². The Labute approximate surface area is 177 Å². The molecule has 0 amide bonds. The van der Waals surface area contributed by atoms with Crippen molar-refractivity contribution in [3.05, 3.63) is 51.7 Å². The Morgan fingerprint density at radius 3 is 2.85 bits per heavy atom. The number of halogens is 1. The van der Waals surface area contributed by atoms with E-state index < -0.39 is 0 Å². The lowest BCUT2D eigenvalue weighted by Gasteiger charge is -2.32. The third-order valence-corrected chi connectivity index (χ3v) is 6.43. The Morgan fingerprint density at radius 2 is 2.15 bits per heavy atom. The predicted molar refractivity (Wildman–Crippen MR) is 122 cm³/mol. The second-order valence-corrected chi connectivity index (χ2v) is 9.19. The molecule has 27 heavy (non-hydrogen) atoms. The molecule has 1 saturated heterocycles. The van der Waals surface area contributed by atoms with Crippen LogP contribution < -0.4 is 5.32 Å². The summed E-state index contributed by atoms with van der Waals surface area (Å²) >= 11 is 13.5. The summed E-state index contributed by atoms with van der Waals surface area (Å²) in [7, 11) is 0. The van der Waals surface area contributed by atoms with Crippen LogP contribution in [0.1, 0.15) is 31.1 Å². The van der Waals surface area contributed by atoms with Gasteiger partial charge in [-0.1, -0.05) is 24.6 Å². The molecule has 1 aromatic heterocycles. The number of hydrogen-bond acceptors (Lipinski definition) is 3. The van der Waals surface area contributed by atoms with Gasteiger partial charge in [0.25, 0.3) is 0 Å². The molecule has 0 aliphatic carbocycles. The highest BCUT2D eigenvalue weighted by atomic mass is 35.5. The molecule has 0 spiro atoms. The van der Waals surface area contributed by atoms with E-state index >= 15 is 0 Å². The lowest BCUT2D eigenvalue weighted by atomic mass is 10.0. The van der Waals surface area contributed by atoms with Crippen LogP contribution in [-0.2, 0) is 6.54 Å². The van der Waals surface area contributed by atoms with Gasteiger partial charge in [-0.15, -0.1) is 11.3 Å². The fourth-order valence-electron chi connectivity index (χ4n) is 3.55. The molecule has 3 rings (SSSR count). The van der Waals surface area contributed by atoms with Crippen LogP contribution in [0.25, 0.3) is 0 Å². The number of nitrogens with zero attached hydrogens (tertiary/aromatic N) is 2. The fraction of sp³-hybridized carbons (Fsp3) is 0.476. The summed E-state index contributed by atoms with van der Waals surface area (Å²) in [4.78, 5) is 6.22. The van der Waals surface area contributed by atoms with Gasteiger partial charge < -0.3 is 15.1 Å². The first kappa shape index (κ1) is 20.6. The van der Waals surface area contributed by atoms with E-state index in [-0.39, 0.29) is 0 Å². The second kappa shape index (κ2) is 10.4. The maximum absolute atomic E-state index is 5.98. The highest BCUT2D eigenvalue weighted by Gasteiger charge is 2.17. The maximum Gasteiger partial charge on any atom is 0.173 e. The number of rotatable bonds is 7. The number of likely N-dealkylation sites (tertiary alicyclic amines) is 1. The Balaban J connectivity index is 1.56. The molecule has 0 bridgehead atoms. The fourth-order valence-corrected chi connectivity index (χ4v) is 4.67. The number of nitrogens with one attached hydrogen (secondary N) is 1. The van der Waals surface area contributed by atoms with Gasteiger partial charge in [0.1, 0.15) is 0 Å². The molecule has 1 aliphatic heterocycles. The minimum absolute atomic E-state index is 0.734. The van der Waals surface area contributed by atoms with Crippen LogP contribution in [0.3, 0.4) is 0 Å². The Kier molecular flexibility index (Phi) is 7.94. The van der Waals surface area contributed by atoms with Crippen molar-refractivity contribution in [3.8, 4) is 0 Å². The van der Waals surface area contributed by atoms with Crippen LogP contribution in [-0.4, -0.2) is 41.1 Å². The van der Waals surface area contributed by atoms with E-state index in [1.54, 1.807) is 11.3 Å². The van der Waals surface area contributed by atoms with Gasteiger partial charge in [-0.05, 0) is 86.2 Å². The van der Waals surface area contributed by atoms with Crippen LogP contribution in [0.2, 0.25) is 5.02 Å². The highest BCUT2D eigenvalue weighted by Crippen LogP contribution is 2.18. The highest BCUT2D eigenvalue weighted by molar-refractivity contribution is 7.80. The van der Waals surface area contributed by atoms with Gasteiger partial charge in [-0.3, -0.25) is 0 Å². The van der Waals surface area contributed by atoms with Gasteiger partial charge in [-0.25, -0.2) is 0 Å². The second-order valence-electron chi connectivity index (χ2n) is 7.34. The molecule has 2 aromatic rings. The van der Waals surface area contributed by atoms with Crippen molar-refractivity contribution < 1.29 is 0 Å². The lowest BCUT2D eigenvalue weighted by molar-refractivity contribution is 0.177. The number of thiophene rings is 1. The van der Waals surface area contributed by atoms with Crippen molar-refractivity contribution in [2.24, 2.45) is 5.92 Å². The Bertz CT molecular complexity index is 703. The predicted octanol–water partition coefficient (Wildman–Crippen LogP) is 5.72. The zero-order valence-corrected chi connectivity index (χ0v) is 18.3. The van der Waals surface area contributed by atoms with Crippen molar-refractivity contribution in [2.45, 2.75) is 32.7 Å². The zero-order chi connectivity index (χ0) is 19.1. The minimum Gasteiger partial charge on any atom is -0.344 e. The van der Waals surface area contributed by atoms with Crippen molar-refractivity contribution in [3.63, 3.8) is 0 Å². The SMILES string of the molecule is CC1CCCN(CCCN(Cc2cccs2)C(=S)Nc2ccc(Cl)cc2)C1. The van der Waals surface area contributed by atoms with E-state index in [2.05, 4.69) is 39.6 Å². The van der Waals surface area contributed by atoms with Crippen LogP contribution in [0.5, 0.6) is 0 Å². The lowest BCUT2D eigenvalue weighted by Crippen LogP contribution is -2.39. The van der Waals surface area contributed by atoms with Gasteiger partial charge in [0, 0.05) is 28.7 Å². The molecule has 0 saturated carbocycles. The number of thiocarbonyl (C=S) groups is 1. The van der Waals surface area contributed by atoms with Crippen LogP contribution in [0, 0.1) is 5.92 Å². The summed E-state index contributed by atoms with van der Waals surface area (Å²) in [6, 6.07) is 12.0. The van der Waals surface area contributed by atoms with Crippen LogP contribution >= 0.6 is 35.2 Å². The minimum atomic E-state index is 0.734. The van der Waals surface area contributed by atoms with Crippen LogP contribution in [0.4, 0.5) is 5.69 Å². The number of benzene rings is 1. The molecule has 3 nitrogen and oxygen atoms in total. The first-order chi connectivity index (χ1) is 13.1.